The molecule has 0 unspecified atom stereocenters. The smallest absolute Gasteiger partial charge is 0.0701 e. The fourth-order valence-corrected chi connectivity index (χ4v) is 2.09. The predicted molar refractivity (Wildman–Crippen MR) is 78.5 cm³/mol. The summed E-state index contributed by atoms with van der Waals surface area (Å²) in [5, 5.41) is 0. The van der Waals surface area contributed by atoms with Gasteiger partial charge in [0.2, 0.25) is 0 Å². The highest BCUT2D eigenvalue weighted by atomic mass is 16.5. The van der Waals surface area contributed by atoms with Crippen LogP contribution < -0.4 is 5.73 Å². The standard InChI is InChI=1S/C14H32N2O3/c1-4-14(5-2)16(7-6-15)8-9-18-12-13-19-11-10-17-3/h14H,4-13,15H2,1-3H3. The van der Waals surface area contributed by atoms with Gasteiger partial charge in [0, 0.05) is 32.8 Å². The van der Waals surface area contributed by atoms with E-state index >= 15 is 0 Å². The molecule has 0 heterocycles. The summed E-state index contributed by atoms with van der Waals surface area (Å²) in [4.78, 5) is 2.42. The molecular formula is C14H32N2O3. The molecule has 0 amide bonds. The lowest BCUT2D eigenvalue weighted by molar-refractivity contribution is 0.0163. The zero-order valence-corrected chi connectivity index (χ0v) is 12.9. The Hall–Kier alpha value is -0.200. The SMILES string of the molecule is CCC(CC)N(CCN)CCOCCOCCOC. The molecule has 5 nitrogen and oxygen atoms in total. The second kappa shape index (κ2) is 14.2. The van der Waals surface area contributed by atoms with Gasteiger partial charge in [-0.25, -0.2) is 0 Å². The van der Waals surface area contributed by atoms with Crippen molar-refractivity contribution in [3.8, 4) is 0 Å². The average molecular weight is 276 g/mol. The Bertz CT molecular complexity index is 178. The van der Waals surface area contributed by atoms with Crippen LogP contribution in [-0.4, -0.2) is 70.7 Å². The van der Waals surface area contributed by atoms with Crippen LogP contribution in [0, 0.1) is 0 Å². The van der Waals surface area contributed by atoms with Gasteiger partial charge in [-0.15, -0.1) is 0 Å². The molecule has 116 valence electrons. The lowest BCUT2D eigenvalue weighted by Gasteiger charge is -2.29. The van der Waals surface area contributed by atoms with Gasteiger partial charge in [0.05, 0.1) is 33.0 Å². The molecule has 0 aliphatic rings. The van der Waals surface area contributed by atoms with Gasteiger partial charge < -0.3 is 19.9 Å². The van der Waals surface area contributed by atoms with Gasteiger partial charge in [-0.1, -0.05) is 13.8 Å². The van der Waals surface area contributed by atoms with Gasteiger partial charge in [-0.2, -0.15) is 0 Å². The van der Waals surface area contributed by atoms with E-state index in [9.17, 15) is 0 Å². The third-order valence-corrected chi connectivity index (χ3v) is 3.20. The molecule has 0 radical (unpaired) electrons. The third kappa shape index (κ3) is 10.3. The number of hydrogen-bond acceptors (Lipinski definition) is 5. The maximum absolute atomic E-state index is 5.66. The first-order chi connectivity index (χ1) is 9.29. The van der Waals surface area contributed by atoms with Crippen LogP contribution in [0.2, 0.25) is 0 Å². The molecule has 2 N–H and O–H groups in total. The minimum atomic E-state index is 0.616. The summed E-state index contributed by atoms with van der Waals surface area (Å²) in [5.41, 5.74) is 5.66. The molecule has 5 heteroatoms. The van der Waals surface area contributed by atoms with Crippen LogP contribution in [0.3, 0.4) is 0 Å². The van der Waals surface area contributed by atoms with E-state index in [1.807, 2.05) is 0 Å². The summed E-state index contributed by atoms with van der Waals surface area (Å²) >= 11 is 0. The van der Waals surface area contributed by atoms with Crippen LogP contribution in [0.15, 0.2) is 0 Å². The molecule has 0 rings (SSSR count). The lowest BCUT2D eigenvalue weighted by Crippen LogP contribution is -2.40. The Labute approximate surface area is 118 Å². The molecule has 0 aromatic rings. The number of nitrogens with two attached hydrogens (primary N) is 1. The number of methoxy groups -OCH3 is 1. The van der Waals surface area contributed by atoms with Crippen LogP contribution >= 0.6 is 0 Å². The van der Waals surface area contributed by atoms with Crippen LogP contribution in [-0.2, 0) is 14.2 Å². The molecular weight excluding hydrogens is 244 g/mol. The first kappa shape index (κ1) is 18.8. The molecule has 0 saturated carbocycles. The summed E-state index contributed by atoms with van der Waals surface area (Å²) in [5.74, 6) is 0. The van der Waals surface area contributed by atoms with Crippen molar-refractivity contribution in [1.29, 1.82) is 0 Å². The van der Waals surface area contributed by atoms with Crippen molar-refractivity contribution in [2.24, 2.45) is 5.73 Å². The molecule has 0 aliphatic heterocycles. The van der Waals surface area contributed by atoms with E-state index < -0.39 is 0 Å². The summed E-state index contributed by atoms with van der Waals surface area (Å²) in [7, 11) is 1.67. The largest absolute Gasteiger partial charge is 0.382 e. The van der Waals surface area contributed by atoms with Crippen LogP contribution in [0.1, 0.15) is 26.7 Å². The zero-order valence-electron chi connectivity index (χ0n) is 12.9. The predicted octanol–water partition coefficient (Wildman–Crippen LogP) is 1.12. The van der Waals surface area contributed by atoms with E-state index in [4.69, 9.17) is 19.9 Å². The minimum Gasteiger partial charge on any atom is -0.382 e. The van der Waals surface area contributed by atoms with E-state index in [2.05, 4.69) is 18.7 Å². The average Bonchev–Trinajstić information content (AvgIpc) is 2.43. The number of ether oxygens (including phenoxy) is 3. The van der Waals surface area contributed by atoms with Crippen LogP contribution in [0.5, 0.6) is 0 Å². The molecule has 0 fully saturated rings. The molecule has 19 heavy (non-hydrogen) atoms. The molecule has 0 aromatic heterocycles. The van der Waals surface area contributed by atoms with E-state index in [-0.39, 0.29) is 0 Å². The van der Waals surface area contributed by atoms with Gasteiger partial charge in [0.1, 0.15) is 0 Å². The number of nitrogens with zero attached hydrogens (tertiary/aromatic N) is 1. The van der Waals surface area contributed by atoms with Gasteiger partial charge in [-0.3, -0.25) is 4.90 Å². The van der Waals surface area contributed by atoms with E-state index in [1.54, 1.807) is 7.11 Å². The minimum absolute atomic E-state index is 0.616. The van der Waals surface area contributed by atoms with E-state index in [1.165, 1.54) is 0 Å². The number of hydrogen-bond donors (Lipinski definition) is 1. The van der Waals surface area contributed by atoms with Crippen molar-refractivity contribution in [2.75, 3.05) is 59.8 Å². The molecule has 0 saturated heterocycles. The summed E-state index contributed by atoms with van der Waals surface area (Å²) in [6.45, 7) is 10.3. The first-order valence-corrected chi connectivity index (χ1v) is 7.38. The van der Waals surface area contributed by atoms with Crippen molar-refractivity contribution in [2.45, 2.75) is 32.7 Å². The van der Waals surface area contributed by atoms with Crippen molar-refractivity contribution >= 4 is 0 Å². The molecule has 0 aliphatic carbocycles. The first-order valence-electron chi connectivity index (χ1n) is 7.38. The summed E-state index contributed by atoms with van der Waals surface area (Å²) < 4.78 is 15.8. The van der Waals surface area contributed by atoms with Crippen LogP contribution in [0.4, 0.5) is 0 Å². The Morgan fingerprint density at radius 1 is 0.895 bits per heavy atom. The fraction of sp³-hybridized carbons (Fsp3) is 1.00. The quantitative estimate of drug-likeness (QED) is 0.482. The molecule has 0 bridgehead atoms. The van der Waals surface area contributed by atoms with Gasteiger partial charge in [0.15, 0.2) is 0 Å². The topological polar surface area (TPSA) is 57.0 Å². The molecule has 0 atom stereocenters. The van der Waals surface area contributed by atoms with Crippen molar-refractivity contribution < 1.29 is 14.2 Å². The Balaban J connectivity index is 3.58. The maximum atomic E-state index is 5.66. The Kier molecular flexibility index (Phi) is 14.1. The van der Waals surface area contributed by atoms with E-state index in [0.29, 0.717) is 39.0 Å². The lowest BCUT2D eigenvalue weighted by atomic mass is 10.1. The highest BCUT2D eigenvalue weighted by molar-refractivity contribution is 4.69. The molecule has 0 aromatic carbocycles. The second-order valence-electron chi connectivity index (χ2n) is 4.51. The van der Waals surface area contributed by atoms with Gasteiger partial charge >= 0.3 is 0 Å². The summed E-state index contributed by atoms with van der Waals surface area (Å²) in [6.07, 6.45) is 2.33. The van der Waals surface area contributed by atoms with Crippen molar-refractivity contribution in [1.82, 2.24) is 4.90 Å². The fourth-order valence-electron chi connectivity index (χ4n) is 2.09. The Morgan fingerprint density at radius 3 is 2.00 bits per heavy atom. The highest BCUT2D eigenvalue weighted by Gasteiger charge is 2.13. The maximum Gasteiger partial charge on any atom is 0.0701 e. The highest BCUT2D eigenvalue weighted by Crippen LogP contribution is 2.07. The number of rotatable bonds is 14. The summed E-state index contributed by atoms with van der Waals surface area (Å²) in [6, 6.07) is 0.616. The Morgan fingerprint density at radius 2 is 1.47 bits per heavy atom. The van der Waals surface area contributed by atoms with Gasteiger partial charge in [-0.05, 0) is 12.8 Å². The zero-order chi connectivity index (χ0) is 14.3. The van der Waals surface area contributed by atoms with Crippen molar-refractivity contribution in [3.05, 3.63) is 0 Å². The van der Waals surface area contributed by atoms with E-state index in [0.717, 1.165) is 32.5 Å². The van der Waals surface area contributed by atoms with Crippen molar-refractivity contribution in [3.63, 3.8) is 0 Å². The van der Waals surface area contributed by atoms with Crippen LogP contribution in [0.25, 0.3) is 0 Å². The normalized spacial score (nSPS) is 11.7. The molecule has 0 spiro atoms. The monoisotopic (exact) mass is 276 g/mol. The second-order valence-corrected chi connectivity index (χ2v) is 4.51. The third-order valence-electron chi connectivity index (χ3n) is 3.20. The van der Waals surface area contributed by atoms with Gasteiger partial charge in [0.25, 0.3) is 0 Å².